The Morgan fingerprint density at radius 2 is 2.12 bits per heavy atom. The lowest BCUT2D eigenvalue weighted by atomic mass is 10.0. The van der Waals surface area contributed by atoms with E-state index < -0.39 is 10.0 Å². The largest absolute Gasteiger partial charge is 0.369 e. The van der Waals surface area contributed by atoms with Crippen molar-refractivity contribution in [3.8, 4) is 0 Å². The predicted octanol–water partition coefficient (Wildman–Crippen LogP) is 2.26. The normalized spacial score (nSPS) is 16.9. The van der Waals surface area contributed by atoms with Gasteiger partial charge in [0.1, 0.15) is 10.7 Å². The molecule has 0 aliphatic carbocycles. The number of rotatable bonds is 7. The topological polar surface area (TPSA) is 98.7 Å². The lowest BCUT2D eigenvalue weighted by Gasteiger charge is -2.36. The summed E-state index contributed by atoms with van der Waals surface area (Å²) in [5, 5.41) is 6.54. The molecule has 0 saturated carbocycles. The van der Waals surface area contributed by atoms with Gasteiger partial charge in [-0.15, -0.1) is 24.0 Å². The van der Waals surface area contributed by atoms with Crippen molar-refractivity contribution in [1.29, 1.82) is 0 Å². The zero-order valence-corrected chi connectivity index (χ0v) is 21.4. The molecule has 0 radical (unpaired) electrons. The van der Waals surface area contributed by atoms with E-state index in [4.69, 9.17) is 0 Å². The number of benzene rings is 1. The van der Waals surface area contributed by atoms with Crippen LogP contribution < -0.4 is 20.3 Å². The van der Waals surface area contributed by atoms with Crippen molar-refractivity contribution in [2.24, 2.45) is 4.99 Å². The number of aliphatic imine (C=N–C) groups is 1. The third-order valence-electron chi connectivity index (χ3n) is 5.14. The van der Waals surface area contributed by atoms with Gasteiger partial charge in [-0.05, 0) is 55.7 Å². The lowest BCUT2D eigenvalue weighted by molar-refractivity contribution is 0.467. The average molecular weight is 576 g/mol. The van der Waals surface area contributed by atoms with E-state index in [2.05, 4.69) is 30.2 Å². The van der Waals surface area contributed by atoms with Crippen LogP contribution in [0.4, 0.5) is 10.1 Å². The molecule has 1 fully saturated rings. The van der Waals surface area contributed by atoms with Gasteiger partial charge in [-0.1, -0.05) is 0 Å². The minimum absolute atomic E-state index is 0. The molecule has 8 nitrogen and oxygen atoms in total. The summed E-state index contributed by atoms with van der Waals surface area (Å²) in [4.78, 5) is 10.5. The number of guanidine groups is 1. The first kappa shape index (κ1) is 26.3. The predicted molar refractivity (Wildman–Crippen MR) is 136 cm³/mol. The maximum Gasteiger partial charge on any atom is 0.242 e. The molecule has 2 heterocycles. The van der Waals surface area contributed by atoms with Gasteiger partial charge >= 0.3 is 0 Å². The third-order valence-corrected chi connectivity index (χ3v) is 6.59. The van der Waals surface area contributed by atoms with Crippen LogP contribution in [0.25, 0.3) is 0 Å². The summed E-state index contributed by atoms with van der Waals surface area (Å²) >= 11 is 0. The number of pyridine rings is 1. The SMILES string of the molecule is CN=C(NCCNS(=O)(=O)c1cccnc1)NC1CCCN(c2ccc(F)cc2C)C1.I. The zero-order chi connectivity index (χ0) is 22.3. The Morgan fingerprint density at radius 1 is 1.31 bits per heavy atom. The summed E-state index contributed by atoms with van der Waals surface area (Å²) in [7, 11) is -1.90. The number of hydrogen-bond acceptors (Lipinski definition) is 5. The van der Waals surface area contributed by atoms with E-state index in [-0.39, 0.29) is 47.3 Å². The molecule has 1 aromatic carbocycles. The van der Waals surface area contributed by atoms with Crippen molar-refractivity contribution in [1.82, 2.24) is 20.3 Å². The Morgan fingerprint density at radius 3 is 2.81 bits per heavy atom. The minimum Gasteiger partial charge on any atom is -0.369 e. The number of aromatic nitrogens is 1. The molecule has 0 bridgehead atoms. The molecule has 0 amide bonds. The number of hydrogen-bond donors (Lipinski definition) is 3. The maximum absolute atomic E-state index is 13.4. The molecule has 1 saturated heterocycles. The second kappa shape index (κ2) is 12.3. The fourth-order valence-electron chi connectivity index (χ4n) is 3.63. The minimum atomic E-state index is -3.58. The first-order valence-corrected chi connectivity index (χ1v) is 11.8. The van der Waals surface area contributed by atoms with Gasteiger partial charge in [0.2, 0.25) is 10.0 Å². The van der Waals surface area contributed by atoms with Crippen molar-refractivity contribution in [3.05, 3.63) is 54.1 Å². The number of nitrogens with one attached hydrogen (secondary N) is 3. The highest BCUT2D eigenvalue weighted by atomic mass is 127. The van der Waals surface area contributed by atoms with E-state index in [1.807, 2.05) is 13.0 Å². The first-order valence-electron chi connectivity index (χ1n) is 10.3. The van der Waals surface area contributed by atoms with Crippen molar-refractivity contribution in [2.75, 3.05) is 38.1 Å². The van der Waals surface area contributed by atoms with E-state index in [1.165, 1.54) is 24.5 Å². The molecule has 2 aromatic rings. The summed E-state index contributed by atoms with van der Waals surface area (Å²) in [6, 6.07) is 8.14. The Balaban J connectivity index is 0.00000363. The fourth-order valence-corrected chi connectivity index (χ4v) is 4.63. The van der Waals surface area contributed by atoms with Gasteiger partial charge in [0, 0.05) is 57.3 Å². The van der Waals surface area contributed by atoms with Gasteiger partial charge in [-0.2, -0.15) is 0 Å². The highest BCUT2D eigenvalue weighted by Crippen LogP contribution is 2.24. The van der Waals surface area contributed by atoms with Crippen LogP contribution in [0.15, 0.2) is 52.6 Å². The molecule has 1 unspecified atom stereocenters. The molecule has 1 atom stereocenters. The van der Waals surface area contributed by atoms with E-state index >= 15 is 0 Å². The number of anilines is 1. The van der Waals surface area contributed by atoms with Crippen molar-refractivity contribution >= 4 is 45.6 Å². The van der Waals surface area contributed by atoms with Gasteiger partial charge < -0.3 is 15.5 Å². The Kier molecular flexibility index (Phi) is 10.1. The van der Waals surface area contributed by atoms with Crippen LogP contribution >= 0.6 is 24.0 Å². The van der Waals surface area contributed by atoms with Crippen LogP contribution in [0.3, 0.4) is 0 Å². The smallest absolute Gasteiger partial charge is 0.242 e. The third kappa shape index (κ3) is 7.27. The van der Waals surface area contributed by atoms with E-state index in [0.29, 0.717) is 12.5 Å². The van der Waals surface area contributed by atoms with Crippen molar-refractivity contribution < 1.29 is 12.8 Å². The highest BCUT2D eigenvalue weighted by Gasteiger charge is 2.22. The molecule has 0 spiro atoms. The summed E-state index contributed by atoms with van der Waals surface area (Å²) in [6.45, 7) is 4.21. The number of halogens is 2. The summed E-state index contributed by atoms with van der Waals surface area (Å²) < 4.78 is 40.4. The van der Waals surface area contributed by atoms with Crippen molar-refractivity contribution in [3.63, 3.8) is 0 Å². The second-order valence-corrected chi connectivity index (χ2v) is 9.21. The standard InChI is InChI=1S/C21H29FN6O2S.HI/c1-16-13-17(22)7-8-20(16)28-12-4-5-18(15-28)27-21(23-2)25-10-11-26-31(29,30)19-6-3-9-24-14-19;/h3,6-9,13-14,18,26H,4-5,10-12,15H2,1-2H3,(H2,23,25,27);1H. The Hall–Kier alpha value is -1.99. The van der Waals surface area contributed by atoms with E-state index in [0.717, 1.165) is 37.2 Å². The van der Waals surface area contributed by atoms with Crippen LogP contribution in [-0.4, -0.2) is 58.6 Å². The molecule has 1 aliphatic rings. The van der Waals surface area contributed by atoms with Crippen LogP contribution in [0.1, 0.15) is 18.4 Å². The average Bonchev–Trinajstić information content (AvgIpc) is 2.76. The first-order chi connectivity index (χ1) is 14.9. The van der Waals surface area contributed by atoms with Gasteiger partial charge in [0.15, 0.2) is 5.96 Å². The molecule has 32 heavy (non-hydrogen) atoms. The number of nitrogens with zero attached hydrogens (tertiary/aromatic N) is 3. The number of piperidine rings is 1. The Bertz CT molecular complexity index is 1010. The van der Waals surface area contributed by atoms with Gasteiger partial charge in [-0.3, -0.25) is 9.98 Å². The highest BCUT2D eigenvalue weighted by molar-refractivity contribution is 14.0. The molecular formula is C21H30FIN6O2S. The molecule has 3 N–H and O–H groups in total. The van der Waals surface area contributed by atoms with Crippen LogP contribution in [0, 0.1) is 12.7 Å². The number of aryl methyl sites for hydroxylation is 1. The molecular weight excluding hydrogens is 546 g/mol. The van der Waals surface area contributed by atoms with E-state index in [9.17, 15) is 12.8 Å². The fraction of sp³-hybridized carbons (Fsp3) is 0.429. The van der Waals surface area contributed by atoms with Crippen LogP contribution in [-0.2, 0) is 10.0 Å². The molecule has 1 aromatic heterocycles. The monoisotopic (exact) mass is 576 g/mol. The quantitative estimate of drug-likeness (QED) is 0.203. The molecule has 3 rings (SSSR count). The summed E-state index contributed by atoms with van der Waals surface area (Å²) in [5.74, 6) is 0.389. The second-order valence-electron chi connectivity index (χ2n) is 7.45. The molecule has 11 heteroatoms. The maximum atomic E-state index is 13.4. The Labute approximate surface area is 206 Å². The van der Waals surface area contributed by atoms with Gasteiger partial charge in [0.05, 0.1) is 0 Å². The molecule has 1 aliphatic heterocycles. The van der Waals surface area contributed by atoms with Gasteiger partial charge in [-0.25, -0.2) is 17.5 Å². The summed E-state index contributed by atoms with van der Waals surface area (Å²) in [5.41, 5.74) is 1.96. The zero-order valence-electron chi connectivity index (χ0n) is 18.2. The number of sulfonamides is 1. The van der Waals surface area contributed by atoms with Crippen LogP contribution in [0.5, 0.6) is 0 Å². The van der Waals surface area contributed by atoms with Gasteiger partial charge in [0.25, 0.3) is 0 Å². The van der Waals surface area contributed by atoms with Crippen molar-refractivity contribution in [2.45, 2.75) is 30.7 Å². The summed E-state index contributed by atoms with van der Waals surface area (Å²) in [6.07, 6.45) is 4.84. The van der Waals surface area contributed by atoms with Crippen LogP contribution in [0.2, 0.25) is 0 Å². The van der Waals surface area contributed by atoms with E-state index in [1.54, 1.807) is 19.2 Å². The lowest BCUT2D eigenvalue weighted by Crippen LogP contribution is -2.52. The molecule has 176 valence electrons.